The molecule has 0 amide bonds. The van der Waals surface area contributed by atoms with Crippen LogP contribution in [-0.2, 0) is 9.22 Å². The van der Waals surface area contributed by atoms with Crippen molar-refractivity contribution in [3.05, 3.63) is 0 Å². The van der Waals surface area contributed by atoms with E-state index in [1.165, 1.54) is 0 Å². The molecule has 0 radical (unpaired) electrons. The van der Waals surface area contributed by atoms with Gasteiger partial charge in [0.25, 0.3) is 0 Å². The minimum atomic E-state index is -1.94. The first-order valence-corrected chi connectivity index (χ1v) is 8.93. The van der Waals surface area contributed by atoms with Crippen LogP contribution in [0.4, 0.5) is 0 Å². The molecule has 1 rings (SSSR count). The van der Waals surface area contributed by atoms with E-state index in [2.05, 4.69) is 33.9 Å². The van der Waals surface area contributed by atoms with Crippen molar-refractivity contribution in [3.63, 3.8) is 0 Å². The van der Waals surface area contributed by atoms with Crippen molar-refractivity contribution in [3.8, 4) is 0 Å². The van der Waals surface area contributed by atoms with Crippen molar-refractivity contribution in [2.24, 2.45) is 0 Å². The van der Waals surface area contributed by atoms with Crippen LogP contribution in [0.25, 0.3) is 0 Å². The fourth-order valence-corrected chi connectivity index (χ4v) is 3.06. The largest absolute Gasteiger partial charge is 0.411 e. The number of ketones is 1. The molecule has 1 N–H and O–H groups in total. The molecule has 0 aromatic carbocycles. The fraction of sp³-hybridized carbons (Fsp3) is 0.909. The SMILES string of the molecule is CC(C)(C)[Si](C)(C)OC1CC(=O)C(Cl)C1O. The highest BCUT2D eigenvalue weighted by atomic mass is 35.5. The number of aliphatic hydroxyl groups excluding tert-OH is 1. The lowest BCUT2D eigenvalue weighted by molar-refractivity contribution is -0.117. The van der Waals surface area contributed by atoms with Gasteiger partial charge in [-0.1, -0.05) is 20.8 Å². The molecule has 0 saturated heterocycles. The van der Waals surface area contributed by atoms with Gasteiger partial charge in [0.15, 0.2) is 14.1 Å². The van der Waals surface area contributed by atoms with E-state index in [0.29, 0.717) is 0 Å². The first-order valence-electron chi connectivity index (χ1n) is 5.59. The standard InChI is InChI=1S/C11H21ClO3Si/c1-11(2,3)16(4,5)15-8-6-7(13)9(12)10(8)14/h8-10,14H,6H2,1-5H3. The van der Waals surface area contributed by atoms with E-state index < -0.39 is 25.9 Å². The zero-order valence-electron chi connectivity index (χ0n) is 10.6. The van der Waals surface area contributed by atoms with E-state index in [1.54, 1.807) is 0 Å². The van der Waals surface area contributed by atoms with Crippen LogP contribution in [0.1, 0.15) is 27.2 Å². The average Bonchev–Trinajstić information content (AvgIpc) is 2.31. The summed E-state index contributed by atoms with van der Waals surface area (Å²) in [7, 11) is -1.94. The lowest BCUT2D eigenvalue weighted by Gasteiger charge is -2.39. The number of Topliss-reactive ketones (excluding diaryl/α,β-unsaturated/α-hetero) is 1. The number of hydrogen-bond donors (Lipinski definition) is 1. The lowest BCUT2D eigenvalue weighted by Crippen LogP contribution is -2.46. The molecule has 1 fully saturated rings. The summed E-state index contributed by atoms with van der Waals surface area (Å²) in [6.07, 6.45) is -1.04. The molecule has 16 heavy (non-hydrogen) atoms. The third kappa shape index (κ3) is 2.67. The van der Waals surface area contributed by atoms with Crippen molar-refractivity contribution in [2.45, 2.75) is 62.9 Å². The highest BCUT2D eigenvalue weighted by Gasteiger charge is 2.46. The van der Waals surface area contributed by atoms with Gasteiger partial charge in [-0.15, -0.1) is 11.6 Å². The molecule has 3 nitrogen and oxygen atoms in total. The normalized spacial score (nSPS) is 32.2. The fourth-order valence-electron chi connectivity index (χ4n) is 1.48. The maximum absolute atomic E-state index is 11.4. The maximum Gasteiger partial charge on any atom is 0.192 e. The van der Waals surface area contributed by atoms with Crippen molar-refractivity contribution in [1.82, 2.24) is 0 Å². The van der Waals surface area contributed by atoms with E-state index >= 15 is 0 Å². The molecule has 0 bridgehead atoms. The molecule has 0 aromatic rings. The summed E-state index contributed by atoms with van der Waals surface area (Å²) < 4.78 is 6.00. The summed E-state index contributed by atoms with van der Waals surface area (Å²) in [5, 5.41) is 9.07. The van der Waals surface area contributed by atoms with Crippen LogP contribution in [0.15, 0.2) is 0 Å². The quantitative estimate of drug-likeness (QED) is 0.615. The molecule has 0 heterocycles. The predicted molar refractivity (Wildman–Crippen MR) is 67.3 cm³/mol. The second kappa shape index (κ2) is 4.41. The molecule has 0 spiro atoms. The number of halogens is 1. The molecule has 3 atom stereocenters. The summed E-state index contributed by atoms with van der Waals surface area (Å²) in [4.78, 5) is 11.4. The highest BCUT2D eigenvalue weighted by Crippen LogP contribution is 2.39. The van der Waals surface area contributed by atoms with Crippen molar-refractivity contribution < 1.29 is 14.3 Å². The van der Waals surface area contributed by atoms with Crippen LogP contribution < -0.4 is 0 Å². The zero-order chi connectivity index (χ0) is 12.7. The van der Waals surface area contributed by atoms with Crippen LogP contribution in [0, 0.1) is 0 Å². The second-order valence-electron chi connectivity index (χ2n) is 5.98. The zero-order valence-corrected chi connectivity index (χ0v) is 12.3. The topological polar surface area (TPSA) is 46.5 Å². The Kier molecular flexibility index (Phi) is 3.90. The Labute approximate surface area is 103 Å². The van der Waals surface area contributed by atoms with Crippen molar-refractivity contribution in [2.75, 3.05) is 0 Å². The smallest absolute Gasteiger partial charge is 0.192 e. The molecule has 3 unspecified atom stereocenters. The summed E-state index contributed by atoms with van der Waals surface area (Å²) >= 11 is 5.79. The van der Waals surface area contributed by atoms with Gasteiger partial charge in [-0.3, -0.25) is 4.79 Å². The summed E-state index contributed by atoms with van der Waals surface area (Å²) in [5.74, 6) is -0.113. The van der Waals surface area contributed by atoms with Crippen LogP contribution in [0.3, 0.4) is 0 Å². The predicted octanol–water partition coefficient (Wildman–Crippen LogP) is 2.32. The number of carbonyl (C=O) groups excluding carboxylic acids is 1. The van der Waals surface area contributed by atoms with E-state index in [-0.39, 0.29) is 17.2 Å². The first-order chi connectivity index (χ1) is 7.06. The molecule has 1 saturated carbocycles. The number of hydrogen-bond acceptors (Lipinski definition) is 3. The molecule has 1 aliphatic carbocycles. The average molecular weight is 265 g/mol. The summed E-state index contributed by atoms with van der Waals surface area (Å²) in [6, 6.07) is 0. The van der Waals surface area contributed by atoms with Gasteiger partial charge in [-0.2, -0.15) is 0 Å². The van der Waals surface area contributed by atoms with E-state index in [9.17, 15) is 9.90 Å². The van der Waals surface area contributed by atoms with E-state index in [1.807, 2.05) is 0 Å². The molecule has 0 aromatic heterocycles. The first kappa shape index (κ1) is 14.2. The van der Waals surface area contributed by atoms with Crippen LogP contribution >= 0.6 is 11.6 Å². The maximum atomic E-state index is 11.4. The van der Waals surface area contributed by atoms with Crippen LogP contribution in [-0.4, -0.2) is 36.8 Å². The Morgan fingerprint density at radius 3 is 2.25 bits per heavy atom. The number of alkyl halides is 1. The molecular formula is C11H21ClO3Si. The van der Waals surface area contributed by atoms with Gasteiger partial charge >= 0.3 is 0 Å². The Morgan fingerprint density at radius 2 is 1.94 bits per heavy atom. The Morgan fingerprint density at radius 1 is 1.44 bits per heavy atom. The number of rotatable bonds is 2. The third-order valence-electron chi connectivity index (χ3n) is 3.64. The van der Waals surface area contributed by atoms with Crippen molar-refractivity contribution in [1.29, 1.82) is 0 Å². The van der Waals surface area contributed by atoms with Gasteiger partial charge in [0.05, 0.1) is 6.10 Å². The van der Waals surface area contributed by atoms with E-state index in [0.717, 1.165) is 0 Å². The molecule has 5 heteroatoms. The Balaban J connectivity index is 2.73. The van der Waals surface area contributed by atoms with Gasteiger partial charge in [-0.05, 0) is 18.1 Å². The van der Waals surface area contributed by atoms with Gasteiger partial charge in [0, 0.05) is 6.42 Å². The minimum absolute atomic E-state index is 0.0696. The number of carbonyl (C=O) groups is 1. The Hall–Kier alpha value is 0.0969. The van der Waals surface area contributed by atoms with Gasteiger partial charge in [-0.25, -0.2) is 0 Å². The van der Waals surface area contributed by atoms with E-state index in [4.69, 9.17) is 16.0 Å². The Bertz CT molecular complexity index is 285. The minimum Gasteiger partial charge on any atom is -0.411 e. The molecular weight excluding hydrogens is 244 g/mol. The monoisotopic (exact) mass is 264 g/mol. The van der Waals surface area contributed by atoms with Crippen molar-refractivity contribution >= 4 is 25.7 Å². The highest BCUT2D eigenvalue weighted by molar-refractivity contribution is 6.74. The van der Waals surface area contributed by atoms with Gasteiger partial charge < -0.3 is 9.53 Å². The lowest BCUT2D eigenvalue weighted by atomic mass is 10.2. The summed E-state index contributed by atoms with van der Waals surface area (Å²) in [5.41, 5.74) is 0. The van der Waals surface area contributed by atoms with Crippen LogP contribution in [0.2, 0.25) is 18.1 Å². The molecule has 0 aliphatic heterocycles. The number of aliphatic hydroxyl groups is 1. The van der Waals surface area contributed by atoms with Gasteiger partial charge in [0.1, 0.15) is 11.5 Å². The van der Waals surface area contributed by atoms with Gasteiger partial charge in [0.2, 0.25) is 0 Å². The summed E-state index contributed by atoms with van der Waals surface area (Å²) in [6.45, 7) is 10.6. The second-order valence-corrected chi connectivity index (χ2v) is 11.2. The molecule has 1 aliphatic rings. The third-order valence-corrected chi connectivity index (χ3v) is 8.65. The molecule has 94 valence electrons. The van der Waals surface area contributed by atoms with Crippen LogP contribution in [0.5, 0.6) is 0 Å².